The Morgan fingerprint density at radius 1 is 1.26 bits per heavy atom. The van der Waals surface area contributed by atoms with Crippen LogP contribution >= 0.6 is 7.75 Å². The Hall–Kier alpha value is -3.65. The summed E-state index contributed by atoms with van der Waals surface area (Å²) in [6, 6.07) is 8.07. The molecule has 6 unspecified atom stereocenters. The van der Waals surface area contributed by atoms with Crippen molar-refractivity contribution in [3.05, 3.63) is 48.5 Å². The van der Waals surface area contributed by atoms with Crippen LogP contribution < -0.4 is 15.3 Å². The predicted octanol–water partition coefficient (Wildman–Crippen LogP) is 3.33. The molecule has 1 saturated heterocycles. The normalized spacial score (nSPS) is 27.9. The third kappa shape index (κ3) is 5.24. The second kappa shape index (κ2) is 10.8. The van der Waals surface area contributed by atoms with Gasteiger partial charge in [-0.2, -0.15) is 10.2 Å². The van der Waals surface area contributed by atoms with Crippen LogP contribution in [0.3, 0.4) is 0 Å². The fraction of sp³-hybridized carbons (Fsp3) is 0.519. The van der Waals surface area contributed by atoms with Gasteiger partial charge in [-0.3, -0.25) is 14.1 Å². The zero-order valence-corrected chi connectivity index (χ0v) is 25.4. The maximum atomic E-state index is 17.2. The lowest BCUT2D eigenvalue weighted by atomic mass is 9.91. The number of imidazole rings is 1. The van der Waals surface area contributed by atoms with Gasteiger partial charge in [0.05, 0.1) is 24.4 Å². The number of carbonyl (C=O) groups excluding carboxylic acids is 2. The molecule has 2 aromatic heterocycles. The monoisotopic (exact) mass is 620 g/mol. The highest BCUT2D eigenvalue weighted by Gasteiger charge is 2.88. The van der Waals surface area contributed by atoms with Gasteiger partial charge in [0.15, 0.2) is 17.1 Å². The van der Waals surface area contributed by atoms with Crippen LogP contribution in [-0.2, 0) is 32.9 Å². The highest BCUT2D eigenvalue weighted by Crippen LogP contribution is 2.69. The van der Waals surface area contributed by atoms with E-state index in [0.29, 0.717) is 0 Å². The number of anilines is 1. The number of carbonyl (C=O) groups is 2. The maximum absolute atomic E-state index is 17.2. The minimum Gasteiger partial charge on any atom is -0.465 e. The topological polar surface area (TPSA) is 178 Å². The van der Waals surface area contributed by atoms with Gasteiger partial charge in [-0.25, -0.2) is 23.4 Å². The summed E-state index contributed by atoms with van der Waals surface area (Å²) in [4.78, 5) is 33.7. The van der Waals surface area contributed by atoms with Gasteiger partial charge in [0.1, 0.15) is 35.9 Å². The first-order chi connectivity index (χ1) is 20.2. The van der Waals surface area contributed by atoms with Crippen LogP contribution in [0.1, 0.15) is 53.3 Å². The first-order valence-corrected chi connectivity index (χ1v) is 15.2. The fourth-order valence-electron chi connectivity index (χ4n) is 5.07. The smallest absolute Gasteiger partial charge is 0.460 e. The Morgan fingerprint density at radius 2 is 1.95 bits per heavy atom. The number of nitrogen functional groups attached to an aromatic ring is 1. The first-order valence-electron chi connectivity index (χ1n) is 13.7. The van der Waals surface area contributed by atoms with Crippen molar-refractivity contribution in [1.29, 1.82) is 0 Å². The molecule has 1 aliphatic heterocycles. The lowest BCUT2D eigenvalue weighted by Gasteiger charge is -2.34. The number of nitrogens with zero attached hydrogens (tertiary/aromatic N) is 4. The zero-order chi connectivity index (χ0) is 31.4. The van der Waals surface area contributed by atoms with Crippen molar-refractivity contribution >= 4 is 31.2 Å². The number of nitrogens with one attached hydrogen (secondary N) is 1. The van der Waals surface area contributed by atoms with Crippen LogP contribution in [-0.4, -0.2) is 67.1 Å². The molecule has 232 valence electrons. The van der Waals surface area contributed by atoms with Crippen LogP contribution in [0.4, 0.5) is 10.2 Å². The molecule has 2 aliphatic rings. The van der Waals surface area contributed by atoms with Gasteiger partial charge < -0.3 is 24.5 Å². The number of aromatic nitrogens is 4. The summed E-state index contributed by atoms with van der Waals surface area (Å²) in [6.45, 7) is 8.94. The molecule has 1 aromatic carbocycles. The largest absolute Gasteiger partial charge is 0.465 e. The fourth-order valence-corrected chi connectivity index (χ4v) is 6.95. The van der Waals surface area contributed by atoms with Crippen molar-refractivity contribution in [2.24, 2.45) is 5.92 Å². The molecule has 2 fully saturated rings. The van der Waals surface area contributed by atoms with Crippen molar-refractivity contribution in [1.82, 2.24) is 24.7 Å². The second-order valence-electron chi connectivity index (χ2n) is 11.3. The van der Waals surface area contributed by atoms with E-state index in [2.05, 4.69) is 20.2 Å². The number of halogens is 1. The third-order valence-corrected chi connectivity index (χ3v) is 9.13. The average molecular weight is 621 g/mol. The number of rotatable bonds is 11. The summed E-state index contributed by atoms with van der Waals surface area (Å²) in [5, 5.41) is 6.75. The van der Waals surface area contributed by atoms with Gasteiger partial charge in [0.25, 0.3) is 0 Å². The van der Waals surface area contributed by atoms with Gasteiger partial charge in [-0.1, -0.05) is 32.0 Å². The van der Waals surface area contributed by atoms with Gasteiger partial charge in [0, 0.05) is 0 Å². The summed E-state index contributed by atoms with van der Waals surface area (Å²) in [7, 11) is -4.52. The van der Waals surface area contributed by atoms with E-state index in [-0.39, 0.29) is 29.5 Å². The Labute approximate surface area is 247 Å². The average Bonchev–Trinajstić information content (AvgIpc) is 3.20. The molecule has 3 heterocycles. The van der Waals surface area contributed by atoms with Crippen LogP contribution in [0.2, 0.25) is 0 Å². The molecule has 0 spiro atoms. The lowest BCUT2D eigenvalue weighted by molar-refractivity contribution is -0.169. The van der Waals surface area contributed by atoms with Crippen molar-refractivity contribution in [2.45, 2.75) is 76.7 Å². The summed E-state index contributed by atoms with van der Waals surface area (Å²) in [5.41, 5.74) is 0.195. The quantitative estimate of drug-likeness (QED) is 0.236. The number of fused-ring (bicyclic) bond motifs is 2. The Balaban J connectivity index is 1.52. The number of benzene rings is 1. The Kier molecular flexibility index (Phi) is 7.74. The van der Waals surface area contributed by atoms with E-state index in [0.717, 1.165) is 0 Å². The van der Waals surface area contributed by atoms with Crippen molar-refractivity contribution in [3.63, 3.8) is 0 Å². The van der Waals surface area contributed by atoms with Crippen LogP contribution in [0, 0.1) is 5.92 Å². The molecule has 43 heavy (non-hydrogen) atoms. The van der Waals surface area contributed by atoms with Crippen molar-refractivity contribution in [2.75, 3.05) is 12.3 Å². The van der Waals surface area contributed by atoms with E-state index in [9.17, 15) is 14.2 Å². The number of hydrogen-bond donors (Lipinski definition) is 2. The number of esters is 2. The van der Waals surface area contributed by atoms with Crippen LogP contribution in [0.15, 0.2) is 42.9 Å². The van der Waals surface area contributed by atoms with Crippen molar-refractivity contribution in [3.8, 4) is 5.75 Å². The lowest BCUT2D eigenvalue weighted by Crippen LogP contribution is -2.49. The van der Waals surface area contributed by atoms with Gasteiger partial charge in [-0.15, -0.1) is 0 Å². The molecule has 5 rings (SSSR count). The first kappa shape index (κ1) is 30.8. The van der Waals surface area contributed by atoms with E-state index in [1.807, 2.05) is 0 Å². The Morgan fingerprint density at radius 3 is 2.60 bits per heavy atom. The maximum Gasteiger partial charge on any atom is 0.460 e. The summed E-state index contributed by atoms with van der Waals surface area (Å²) in [5.74, 6) is -1.88. The Bertz CT molecular complexity index is 1580. The summed E-state index contributed by atoms with van der Waals surface area (Å²) >= 11 is 0. The molecule has 0 bridgehead atoms. The molecular weight excluding hydrogens is 586 g/mol. The van der Waals surface area contributed by atoms with Gasteiger partial charge in [-0.05, 0) is 39.8 Å². The standard InChI is InChI=1S/C27H34FN6O8P/c1-7-38-24(36)25(4,5)33-43(37,41-16-11-9-8-10-12-16)42-20-19-27(20,40-23(35)15(2)3)26(6,28)18(39-19)17-13-30-22-21(29)31-14-32-34(17)22/h8-15,18-20H,7H2,1-6H3,(H,33,37)(H2,29,31,32). The molecular formula is C27H34FN6O8P. The zero-order valence-electron chi connectivity index (χ0n) is 24.5. The molecule has 6 atom stereocenters. The second-order valence-corrected chi connectivity index (χ2v) is 12.9. The molecule has 14 nitrogen and oxygen atoms in total. The van der Waals surface area contributed by atoms with E-state index >= 15 is 4.39 Å². The number of alkyl halides is 1. The van der Waals surface area contributed by atoms with Gasteiger partial charge >= 0.3 is 19.7 Å². The molecule has 0 amide bonds. The molecule has 1 saturated carbocycles. The van der Waals surface area contributed by atoms with Crippen molar-refractivity contribution < 1.29 is 41.8 Å². The minimum atomic E-state index is -4.52. The molecule has 0 radical (unpaired) electrons. The van der Waals surface area contributed by atoms with E-state index in [4.69, 9.17) is 29.0 Å². The van der Waals surface area contributed by atoms with Gasteiger partial charge in [0.2, 0.25) is 5.60 Å². The number of nitrogens with two attached hydrogens (primary N) is 1. The molecule has 3 aromatic rings. The highest BCUT2D eigenvalue weighted by molar-refractivity contribution is 7.52. The van der Waals surface area contributed by atoms with Crippen LogP contribution in [0.25, 0.3) is 5.65 Å². The minimum absolute atomic E-state index is 0.0708. The van der Waals surface area contributed by atoms with E-state index in [1.165, 1.54) is 49.9 Å². The highest BCUT2D eigenvalue weighted by atomic mass is 31.2. The SMILES string of the molecule is CCOC(=O)C(C)(C)NP(=O)(Oc1ccccc1)OC1C2OC(c3cnc4c(N)ncnn34)C(C)(F)C21OC(=O)C(C)C. The predicted molar refractivity (Wildman–Crippen MR) is 149 cm³/mol. The molecule has 1 aliphatic carbocycles. The molecule has 16 heteroatoms. The van der Waals surface area contributed by atoms with Crippen LogP contribution in [0.5, 0.6) is 5.75 Å². The van der Waals surface area contributed by atoms with E-state index < -0.39 is 60.7 Å². The molecule has 3 N–H and O–H groups in total. The number of para-hydroxylation sites is 1. The number of ether oxygens (including phenoxy) is 3. The third-order valence-electron chi connectivity index (χ3n) is 7.34. The summed E-state index contributed by atoms with van der Waals surface area (Å²) in [6.07, 6.45) is -1.44. The summed E-state index contributed by atoms with van der Waals surface area (Å²) < 4.78 is 61.6. The number of hydrogen-bond acceptors (Lipinski definition) is 12. The van der Waals surface area contributed by atoms with E-state index in [1.54, 1.807) is 39.0 Å².